The average Bonchev–Trinajstić information content (AvgIpc) is 3.42. The largest absolute Gasteiger partial charge is 0.490 e. The van der Waals surface area contributed by atoms with E-state index < -0.39 is 24.1 Å². The van der Waals surface area contributed by atoms with E-state index in [0.29, 0.717) is 12.4 Å². The molecular formula is C25H27N3O5. The zero-order chi connectivity index (χ0) is 23.4. The first-order chi connectivity index (χ1) is 16.0. The van der Waals surface area contributed by atoms with Gasteiger partial charge in [0, 0.05) is 5.92 Å². The van der Waals surface area contributed by atoms with Gasteiger partial charge in [-0.1, -0.05) is 55.5 Å². The van der Waals surface area contributed by atoms with Crippen LogP contribution in [-0.4, -0.2) is 46.2 Å². The molecule has 1 aliphatic rings. The molecule has 0 aliphatic heterocycles. The molecule has 1 heterocycles. The summed E-state index contributed by atoms with van der Waals surface area (Å²) in [5, 5.41) is 16.4. The summed E-state index contributed by atoms with van der Waals surface area (Å²) in [6.45, 7) is 4.31. The second-order valence-electron chi connectivity index (χ2n) is 8.03. The Morgan fingerprint density at radius 1 is 1.12 bits per heavy atom. The minimum Gasteiger partial charge on any atom is -0.490 e. The lowest BCUT2D eigenvalue weighted by atomic mass is 9.98. The third-order valence-electron chi connectivity index (χ3n) is 5.83. The number of aromatic nitrogens is 2. The molecule has 8 heteroatoms. The average molecular weight is 450 g/mol. The summed E-state index contributed by atoms with van der Waals surface area (Å²) in [6, 6.07) is 14.2. The smallest absolute Gasteiger partial charge is 0.407 e. The molecule has 2 atom stereocenters. The number of nitrogens with zero attached hydrogens (tertiary/aromatic N) is 2. The Morgan fingerprint density at radius 3 is 2.36 bits per heavy atom. The molecule has 0 fully saturated rings. The maximum Gasteiger partial charge on any atom is 0.407 e. The van der Waals surface area contributed by atoms with E-state index in [4.69, 9.17) is 9.47 Å². The van der Waals surface area contributed by atoms with Crippen molar-refractivity contribution < 1.29 is 24.2 Å². The van der Waals surface area contributed by atoms with Crippen LogP contribution in [0.2, 0.25) is 0 Å². The number of hydrogen-bond acceptors (Lipinski definition) is 5. The summed E-state index contributed by atoms with van der Waals surface area (Å²) < 4.78 is 12.5. The van der Waals surface area contributed by atoms with Gasteiger partial charge in [0.25, 0.3) is 0 Å². The predicted octanol–water partition coefficient (Wildman–Crippen LogP) is 4.22. The van der Waals surface area contributed by atoms with Crippen LogP contribution in [0.1, 0.15) is 43.4 Å². The molecular weight excluding hydrogens is 422 g/mol. The van der Waals surface area contributed by atoms with Gasteiger partial charge in [-0.3, -0.25) is 4.68 Å². The van der Waals surface area contributed by atoms with Crippen molar-refractivity contribution in [1.82, 2.24) is 15.1 Å². The van der Waals surface area contributed by atoms with Gasteiger partial charge in [-0.25, -0.2) is 9.59 Å². The Bertz CT molecular complexity index is 1100. The standard InChI is InChI=1S/C25H27N3O5/c1-3-12-32-17-13-26-28(14-17)16(2)23(24(29)30)27-25(31)33-15-22-20-10-6-4-8-18(20)19-9-5-7-11-21(19)22/h4-11,13-14,16,22-23H,3,12,15H2,1-2H3,(H,27,31)(H,29,30). The zero-order valence-corrected chi connectivity index (χ0v) is 18.6. The number of carboxylic acid groups (broad SMARTS) is 1. The number of carboxylic acids is 1. The van der Waals surface area contributed by atoms with Gasteiger partial charge in [-0.2, -0.15) is 5.10 Å². The quantitative estimate of drug-likeness (QED) is 0.507. The van der Waals surface area contributed by atoms with Crippen LogP contribution in [0.4, 0.5) is 4.79 Å². The van der Waals surface area contributed by atoms with E-state index in [1.165, 1.54) is 10.9 Å². The number of alkyl carbamates (subject to hydrolysis) is 1. The van der Waals surface area contributed by atoms with Gasteiger partial charge in [0.2, 0.25) is 0 Å². The molecule has 172 valence electrons. The molecule has 4 rings (SSSR count). The lowest BCUT2D eigenvalue weighted by molar-refractivity contribution is -0.140. The third kappa shape index (κ3) is 4.69. The van der Waals surface area contributed by atoms with E-state index in [0.717, 1.165) is 28.7 Å². The highest BCUT2D eigenvalue weighted by molar-refractivity contribution is 5.81. The first kappa shape index (κ1) is 22.4. The number of hydrogen-bond donors (Lipinski definition) is 2. The van der Waals surface area contributed by atoms with Crippen LogP contribution in [0.3, 0.4) is 0 Å². The summed E-state index contributed by atoms with van der Waals surface area (Å²) in [6.07, 6.45) is 3.21. The van der Waals surface area contributed by atoms with E-state index in [-0.39, 0.29) is 12.5 Å². The highest BCUT2D eigenvalue weighted by Gasteiger charge is 2.32. The van der Waals surface area contributed by atoms with Crippen molar-refractivity contribution in [2.24, 2.45) is 0 Å². The molecule has 1 aromatic heterocycles. The number of carbonyl (C=O) groups excluding carboxylic acids is 1. The number of amides is 1. The Kier molecular flexibility index (Phi) is 6.63. The molecule has 0 radical (unpaired) electrons. The van der Waals surface area contributed by atoms with E-state index in [1.807, 2.05) is 43.3 Å². The molecule has 3 aromatic rings. The van der Waals surface area contributed by atoms with Crippen LogP contribution in [0.5, 0.6) is 5.75 Å². The fourth-order valence-corrected chi connectivity index (χ4v) is 4.15. The maximum atomic E-state index is 12.6. The monoisotopic (exact) mass is 449 g/mol. The van der Waals surface area contributed by atoms with Crippen molar-refractivity contribution in [3.63, 3.8) is 0 Å². The number of ether oxygens (including phenoxy) is 2. The van der Waals surface area contributed by atoms with E-state index in [2.05, 4.69) is 22.5 Å². The highest BCUT2D eigenvalue weighted by Crippen LogP contribution is 2.44. The lowest BCUT2D eigenvalue weighted by Crippen LogP contribution is -2.46. The van der Waals surface area contributed by atoms with E-state index >= 15 is 0 Å². The van der Waals surface area contributed by atoms with Crippen molar-refractivity contribution in [1.29, 1.82) is 0 Å². The van der Waals surface area contributed by atoms with E-state index in [1.54, 1.807) is 13.1 Å². The minimum absolute atomic E-state index is 0.103. The van der Waals surface area contributed by atoms with Gasteiger partial charge >= 0.3 is 12.1 Å². The molecule has 2 aromatic carbocycles. The Labute approximate surface area is 192 Å². The van der Waals surface area contributed by atoms with Crippen molar-refractivity contribution in [3.8, 4) is 16.9 Å². The molecule has 33 heavy (non-hydrogen) atoms. The third-order valence-corrected chi connectivity index (χ3v) is 5.83. The summed E-state index contributed by atoms with van der Waals surface area (Å²) in [5.74, 6) is -0.732. The van der Waals surface area contributed by atoms with Crippen molar-refractivity contribution in [2.75, 3.05) is 13.2 Å². The maximum absolute atomic E-state index is 12.6. The molecule has 8 nitrogen and oxygen atoms in total. The van der Waals surface area contributed by atoms with Gasteiger partial charge in [-0.15, -0.1) is 0 Å². The molecule has 0 spiro atoms. The molecule has 1 amide bonds. The fourth-order valence-electron chi connectivity index (χ4n) is 4.15. The summed E-state index contributed by atoms with van der Waals surface area (Å²) in [7, 11) is 0. The Hall–Kier alpha value is -3.81. The van der Waals surface area contributed by atoms with Gasteiger partial charge in [-0.05, 0) is 35.6 Å². The summed E-state index contributed by atoms with van der Waals surface area (Å²) in [4.78, 5) is 24.4. The number of benzene rings is 2. The Morgan fingerprint density at radius 2 is 1.76 bits per heavy atom. The fraction of sp³-hybridized carbons (Fsp3) is 0.320. The van der Waals surface area contributed by atoms with Crippen LogP contribution in [-0.2, 0) is 9.53 Å². The van der Waals surface area contributed by atoms with Crippen LogP contribution in [0.15, 0.2) is 60.9 Å². The zero-order valence-electron chi connectivity index (χ0n) is 18.6. The van der Waals surface area contributed by atoms with Crippen LogP contribution in [0.25, 0.3) is 11.1 Å². The van der Waals surface area contributed by atoms with Crippen LogP contribution < -0.4 is 10.1 Å². The first-order valence-electron chi connectivity index (χ1n) is 11.0. The minimum atomic E-state index is -1.22. The van der Waals surface area contributed by atoms with Crippen molar-refractivity contribution in [2.45, 2.75) is 38.3 Å². The Balaban J connectivity index is 1.42. The number of fused-ring (bicyclic) bond motifs is 3. The van der Waals surface area contributed by atoms with E-state index in [9.17, 15) is 14.7 Å². The molecule has 2 N–H and O–H groups in total. The van der Waals surface area contributed by atoms with Gasteiger partial charge in [0.1, 0.15) is 6.61 Å². The number of nitrogens with one attached hydrogen (secondary N) is 1. The van der Waals surface area contributed by atoms with Crippen molar-refractivity contribution in [3.05, 3.63) is 72.1 Å². The van der Waals surface area contributed by atoms with Crippen molar-refractivity contribution >= 4 is 12.1 Å². The summed E-state index contributed by atoms with van der Waals surface area (Å²) >= 11 is 0. The van der Waals surface area contributed by atoms with Gasteiger partial charge < -0.3 is 19.9 Å². The summed E-state index contributed by atoms with van der Waals surface area (Å²) in [5.41, 5.74) is 4.43. The highest BCUT2D eigenvalue weighted by atomic mass is 16.5. The van der Waals surface area contributed by atoms with Gasteiger partial charge in [0.15, 0.2) is 11.8 Å². The first-order valence-corrected chi connectivity index (χ1v) is 11.0. The molecule has 0 bridgehead atoms. The number of carbonyl (C=O) groups is 2. The predicted molar refractivity (Wildman–Crippen MR) is 122 cm³/mol. The number of aliphatic carboxylic acids is 1. The topological polar surface area (TPSA) is 103 Å². The molecule has 1 aliphatic carbocycles. The van der Waals surface area contributed by atoms with Crippen LogP contribution >= 0.6 is 0 Å². The molecule has 2 unspecified atom stereocenters. The van der Waals surface area contributed by atoms with Crippen LogP contribution in [0, 0.1) is 0 Å². The SMILES string of the molecule is CCCOc1cnn(C(C)C(NC(=O)OCC2c3ccccc3-c3ccccc32)C(=O)O)c1. The second-order valence-corrected chi connectivity index (χ2v) is 8.03. The normalized spacial score (nSPS) is 14.1. The second kappa shape index (κ2) is 9.77. The number of rotatable bonds is 9. The molecule has 0 saturated heterocycles. The molecule has 0 saturated carbocycles. The van der Waals surface area contributed by atoms with Gasteiger partial charge in [0.05, 0.1) is 25.0 Å². The lowest BCUT2D eigenvalue weighted by Gasteiger charge is -2.22.